The Morgan fingerprint density at radius 3 is 1.95 bits per heavy atom. The second kappa shape index (κ2) is 8.52. The van der Waals surface area contributed by atoms with Crippen LogP contribution in [0.2, 0.25) is 0 Å². The summed E-state index contributed by atoms with van der Waals surface area (Å²) in [7, 11) is -3.67. The maximum Gasteiger partial charge on any atom is 0.410 e. The summed E-state index contributed by atoms with van der Waals surface area (Å²) in [5.41, 5.74) is -0.431. The van der Waals surface area contributed by atoms with Crippen molar-refractivity contribution in [2.24, 2.45) is 0 Å². The molecule has 1 heterocycles. The minimum Gasteiger partial charge on any atom is -0.444 e. The van der Waals surface area contributed by atoms with Crippen molar-refractivity contribution >= 4 is 16.2 Å². The second-order valence-corrected chi connectivity index (χ2v) is 7.23. The highest BCUT2D eigenvalue weighted by atomic mass is 32.2. The number of hydrogen-bond acceptors (Lipinski definition) is 6. The Bertz CT molecular complexity index is 402. The van der Waals surface area contributed by atoms with Gasteiger partial charge in [0.2, 0.25) is 0 Å². The lowest BCUT2D eigenvalue weighted by Crippen LogP contribution is -2.50. The van der Waals surface area contributed by atoms with E-state index >= 15 is 0 Å². The summed E-state index contributed by atoms with van der Waals surface area (Å²) in [4.78, 5) is 15.6. The van der Waals surface area contributed by atoms with E-state index in [0.29, 0.717) is 25.9 Å². The van der Waals surface area contributed by atoms with Crippen molar-refractivity contribution in [3.05, 3.63) is 0 Å². The average molecular weight is 326 g/mol. The maximum absolute atomic E-state index is 11.7. The summed E-state index contributed by atoms with van der Waals surface area (Å²) >= 11 is 0. The third-order valence-corrected chi connectivity index (χ3v) is 2.44. The average Bonchev–Trinajstić information content (AvgIpc) is 2.25. The van der Waals surface area contributed by atoms with Crippen molar-refractivity contribution in [3.8, 4) is 0 Å². The first kappa shape index (κ1) is 20.1. The molecule has 1 fully saturated rings. The minimum atomic E-state index is -3.67. The Morgan fingerprint density at radius 2 is 1.62 bits per heavy atom. The van der Waals surface area contributed by atoms with Crippen molar-refractivity contribution in [2.75, 3.05) is 45.6 Å². The molecule has 21 heavy (non-hydrogen) atoms. The molecule has 0 atom stereocenters. The van der Waals surface area contributed by atoms with E-state index in [4.69, 9.17) is 14.4 Å². The highest BCUT2D eigenvalue weighted by molar-refractivity contribution is 7.85. The number of β-amino-alcohol motifs (C(OH)–C–C–N with tert-alkyl or cyclic N) is 1. The number of carbonyl (C=O) groups excluding carboxylic acids is 1. The monoisotopic (exact) mass is 326 g/mol. The lowest BCUT2D eigenvalue weighted by molar-refractivity contribution is 0.0134. The molecule has 0 unspecified atom stereocenters. The maximum atomic E-state index is 11.7. The Morgan fingerprint density at radius 1 is 1.19 bits per heavy atom. The molecule has 0 aromatic rings. The summed E-state index contributed by atoms with van der Waals surface area (Å²) in [6.07, 6.45) is 0.476. The van der Waals surface area contributed by atoms with Crippen LogP contribution in [0.15, 0.2) is 0 Å². The quantitative estimate of drug-likeness (QED) is 0.690. The standard InChI is InChI=1S/C11H22N2O3.CH4O3S/c1-11(2,3)16-10(15)13-6-4-12(5-7-13)8-9-14;1-5(2,3)4/h14H,4-9H2,1-3H3;1H3,(H,2,3,4). The van der Waals surface area contributed by atoms with Gasteiger partial charge < -0.3 is 14.7 Å². The van der Waals surface area contributed by atoms with Gasteiger partial charge in [-0.05, 0) is 20.8 Å². The highest BCUT2D eigenvalue weighted by Crippen LogP contribution is 2.11. The van der Waals surface area contributed by atoms with Gasteiger partial charge in [0.25, 0.3) is 10.1 Å². The van der Waals surface area contributed by atoms with Crippen LogP contribution in [0.25, 0.3) is 0 Å². The molecule has 8 nitrogen and oxygen atoms in total. The van der Waals surface area contributed by atoms with Crippen LogP contribution in [0.4, 0.5) is 4.79 Å². The van der Waals surface area contributed by atoms with Gasteiger partial charge in [0.15, 0.2) is 0 Å². The first-order chi connectivity index (χ1) is 9.42. The SMILES string of the molecule is CC(C)(C)OC(=O)N1CCN(CCO)CC1.CS(=O)(=O)O. The van der Waals surface area contributed by atoms with Gasteiger partial charge in [0.1, 0.15) is 5.60 Å². The van der Waals surface area contributed by atoms with Crippen molar-refractivity contribution in [2.45, 2.75) is 26.4 Å². The summed E-state index contributed by atoms with van der Waals surface area (Å²) in [6, 6.07) is 0. The summed E-state index contributed by atoms with van der Waals surface area (Å²) < 4.78 is 31.2. The van der Waals surface area contributed by atoms with Gasteiger partial charge in [-0.15, -0.1) is 0 Å². The largest absolute Gasteiger partial charge is 0.444 e. The molecule has 0 aromatic carbocycles. The van der Waals surface area contributed by atoms with E-state index in [9.17, 15) is 13.2 Å². The van der Waals surface area contributed by atoms with Gasteiger partial charge >= 0.3 is 6.09 Å². The number of ether oxygens (including phenoxy) is 1. The molecule has 2 N–H and O–H groups in total. The van der Waals surface area contributed by atoms with E-state index in [0.717, 1.165) is 13.1 Å². The molecule has 1 amide bonds. The van der Waals surface area contributed by atoms with Gasteiger partial charge in [-0.25, -0.2) is 4.79 Å². The van der Waals surface area contributed by atoms with Crippen LogP contribution >= 0.6 is 0 Å². The van der Waals surface area contributed by atoms with Crippen LogP contribution < -0.4 is 0 Å². The zero-order valence-electron chi connectivity index (χ0n) is 13.1. The number of nitrogens with zero attached hydrogens (tertiary/aromatic N) is 2. The van der Waals surface area contributed by atoms with Gasteiger partial charge in [0.05, 0.1) is 12.9 Å². The molecule has 0 radical (unpaired) electrons. The van der Waals surface area contributed by atoms with Gasteiger partial charge in [-0.1, -0.05) is 0 Å². The molecule has 0 bridgehead atoms. The summed E-state index contributed by atoms with van der Waals surface area (Å²) in [6.45, 7) is 9.42. The van der Waals surface area contributed by atoms with Gasteiger partial charge in [0, 0.05) is 32.7 Å². The Kier molecular flexibility index (Phi) is 8.16. The zero-order chi connectivity index (χ0) is 16.7. The van der Waals surface area contributed by atoms with E-state index in [-0.39, 0.29) is 12.7 Å². The molecule has 0 saturated carbocycles. The predicted molar refractivity (Wildman–Crippen MR) is 78.8 cm³/mol. The molecular weight excluding hydrogens is 300 g/mol. The van der Waals surface area contributed by atoms with Crippen molar-refractivity contribution in [3.63, 3.8) is 0 Å². The van der Waals surface area contributed by atoms with Crippen molar-refractivity contribution < 1.29 is 27.6 Å². The fourth-order valence-corrected chi connectivity index (χ4v) is 1.62. The number of rotatable bonds is 2. The number of piperazine rings is 1. The van der Waals surface area contributed by atoms with E-state index in [1.165, 1.54) is 0 Å². The second-order valence-electron chi connectivity index (χ2n) is 5.77. The fourth-order valence-electron chi connectivity index (χ4n) is 1.62. The van der Waals surface area contributed by atoms with Crippen LogP contribution in [0.1, 0.15) is 20.8 Å². The summed E-state index contributed by atoms with van der Waals surface area (Å²) in [5.74, 6) is 0. The number of carbonyl (C=O) groups is 1. The Hall–Kier alpha value is -0.900. The molecule has 1 saturated heterocycles. The Labute approximate surface area is 126 Å². The lowest BCUT2D eigenvalue weighted by atomic mass is 10.2. The molecule has 126 valence electrons. The summed E-state index contributed by atoms with van der Waals surface area (Å²) in [5, 5.41) is 8.80. The molecule has 9 heteroatoms. The zero-order valence-corrected chi connectivity index (χ0v) is 13.9. The van der Waals surface area contributed by atoms with E-state index < -0.39 is 15.7 Å². The van der Waals surface area contributed by atoms with Crippen molar-refractivity contribution in [1.82, 2.24) is 9.80 Å². The number of aliphatic hydroxyl groups is 1. The molecule has 0 spiro atoms. The normalized spacial score (nSPS) is 17.0. The molecule has 0 aromatic heterocycles. The highest BCUT2D eigenvalue weighted by Gasteiger charge is 2.25. The number of hydrogen-bond donors (Lipinski definition) is 2. The van der Waals surface area contributed by atoms with Crippen LogP contribution in [0, 0.1) is 0 Å². The van der Waals surface area contributed by atoms with E-state index in [2.05, 4.69) is 4.90 Å². The topological polar surface area (TPSA) is 107 Å². The van der Waals surface area contributed by atoms with E-state index in [1.54, 1.807) is 4.90 Å². The molecule has 1 rings (SSSR count). The first-order valence-electron chi connectivity index (χ1n) is 6.66. The third kappa shape index (κ3) is 12.5. The number of amides is 1. The van der Waals surface area contributed by atoms with Crippen LogP contribution in [0.3, 0.4) is 0 Å². The Balaban J connectivity index is 0.000000690. The van der Waals surface area contributed by atoms with E-state index in [1.807, 2.05) is 20.8 Å². The smallest absolute Gasteiger partial charge is 0.410 e. The van der Waals surface area contributed by atoms with Crippen LogP contribution in [-0.4, -0.2) is 85.2 Å². The van der Waals surface area contributed by atoms with Crippen LogP contribution in [0.5, 0.6) is 0 Å². The van der Waals surface area contributed by atoms with Crippen LogP contribution in [-0.2, 0) is 14.9 Å². The minimum absolute atomic E-state index is 0.173. The lowest BCUT2D eigenvalue weighted by Gasteiger charge is -2.35. The number of aliphatic hydroxyl groups excluding tert-OH is 1. The fraction of sp³-hybridized carbons (Fsp3) is 0.917. The first-order valence-corrected chi connectivity index (χ1v) is 8.51. The molecular formula is C12H26N2O6S. The van der Waals surface area contributed by atoms with Gasteiger partial charge in [-0.2, -0.15) is 8.42 Å². The van der Waals surface area contributed by atoms with Crippen molar-refractivity contribution in [1.29, 1.82) is 0 Å². The molecule has 0 aliphatic carbocycles. The predicted octanol–water partition coefficient (Wildman–Crippen LogP) is 0.0354. The third-order valence-electron chi connectivity index (χ3n) is 2.44. The van der Waals surface area contributed by atoms with Gasteiger partial charge in [-0.3, -0.25) is 9.45 Å². The molecule has 1 aliphatic heterocycles. The molecule has 1 aliphatic rings.